The summed E-state index contributed by atoms with van der Waals surface area (Å²) in [6, 6.07) is 20.6. The van der Waals surface area contributed by atoms with Gasteiger partial charge in [0, 0.05) is 22.2 Å². The van der Waals surface area contributed by atoms with E-state index in [2.05, 4.69) is 10.3 Å². The number of benzene rings is 2. The predicted molar refractivity (Wildman–Crippen MR) is 111 cm³/mol. The average molecular weight is 391 g/mol. The van der Waals surface area contributed by atoms with Crippen molar-refractivity contribution in [2.75, 3.05) is 0 Å². The molecule has 0 radical (unpaired) electrons. The molecule has 0 bridgehead atoms. The van der Waals surface area contributed by atoms with E-state index >= 15 is 0 Å². The van der Waals surface area contributed by atoms with Gasteiger partial charge in [0.1, 0.15) is 11.7 Å². The standard InChI is InChI=1S/C22H19ClN4O/c1-15(22(28)25-14-18-9-5-6-12-24-18)27-20-11-10-17(23)13-19(20)21(26-27)16-7-3-2-4-8-16/h2-13,15H,14H2,1H3,(H,25,28). The number of carbonyl (C=O) groups is 1. The van der Waals surface area contributed by atoms with Gasteiger partial charge in [0.05, 0.1) is 17.8 Å². The number of aromatic nitrogens is 3. The zero-order chi connectivity index (χ0) is 19.5. The Kier molecular flexibility index (Phi) is 5.08. The first-order valence-corrected chi connectivity index (χ1v) is 9.42. The van der Waals surface area contributed by atoms with Crippen molar-refractivity contribution in [1.29, 1.82) is 0 Å². The fourth-order valence-corrected chi connectivity index (χ4v) is 3.33. The van der Waals surface area contributed by atoms with Crippen molar-refractivity contribution in [2.24, 2.45) is 0 Å². The molecule has 0 aliphatic carbocycles. The molecule has 0 saturated carbocycles. The maximum Gasteiger partial charge on any atom is 0.244 e. The quantitative estimate of drug-likeness (QED) is 0.540. The molecule has 28 heavy (non-hydrogen) atoms. The summed E-state index contributed by atoms with van der Waals surface area (Å²) >= 11 is 6.22. The molecule has 0 aliphatic heterocycles. The van der Waals surface area contributed by atoms with E-state index in [4.69, 9.17) is 16.7 Å². The van der Waals surface area contributed by atoms with Crippen LogP contribution in [0.25, 0.3) is 22.2 Å². The van der Waals surface area contributed by atoms with Crippen LogP contribution in [-0.2, 0) is 11.3 Å². The molecule has 0 aliphatic rings. The van der Waals surface area contributed by atoms with Crippen molar-refractivity contribution in [3.8, 4) is 11.3 Å². The van der Waals surface area contributed by atoms with Gasteiger partial charge < -0.3 is 5.32 Å². The van der Waals surface area contributed by atoms with Gasteiger partial charge in [-0.1, -0.05) is 48.0 Å². The topological polar surface area (TPSA) is 59.8 Å². The Hall–Kier alpha value is -3.18. The largest absolute Gasteiger partial charge is 0.349 e. The van der Waals surface area contributed by atoms with E-state index < -0.39 is 6.04 Å². The van der Waals surface area contributed by atoms with Crippen LogP contribution >= 0.6 is 11.6 Å². The molecular weight excluding hydrogens is 372 g/mol. The molecule has 0 fully saturated rings. The Bertz CT molecular complexity index is 1110. The fraction of sp³-hybridized carbons (Fsp3) is 0.136. The molecule has 5 nitrogen and oxygen atoms in total. The van der Waals surface area contributed by atoms with Crippen LogP contribution < -0.4 is 5.32 Å². The van der Waals surface area contributed by atoms with Crippen LogP contribution in [-0.4, -0.2) is 20.7 Å². The highest BCUT2D eigenvalue weighted by molar-refractivity contribution is 6.31. The van der Waals surface area contributed by atoms with Crippen LogP contribution in [0.2, 0.25) is 5.02 Å². The van der Waals surface area contributed by atoms with E-state index in [0.717, 1.165) is 27.9 Å². The van der Waals surface area contributed by atoms with E-state index in [9.17, 15) is 4.79 Å². The van der Waals surface area contributed by atoms with Crippen molar-refractivity contribution in [3.63, 3.8) is 0 Å². The third kappa shape index (κ3) is 3.62. The second-order valence-electron chi connectivity index (χ2n) is 6.54. The molecule has 2 aromatic heterocycles. The second-order valence-corrected chi connectivity index (χ2v) is 6.97. The number of halogens is 1. The van der Waals surface area contributed by atoms with Crippen molar-refractivity contribution in [3.05, 3.63) is 83.6 Å². The van der Waals surface area contributed by atoms with Crippen molar-refractivity contribution in [2.45, 2.75) is 19.5 Å². The van der Waals surface area contributed by atoms with Gasteiger partial charge in [0.25, 0.3) is 0 Å². The summed E-state index contributed by atoms with van der Waals surface area (Å²) in [6.07, 6.45) is 1.71. The van der Waals surface area contributed by atoms with E-state index in [1.165, 1.54) is 0 Å². The second kappa shape index (κ2) is 7.82. The van der Waals surface area contributed by atoms with Gasteiger partial charge in [-0.3, -0.25) is 14.5 Å². The van der Waals surface area contributed by atoms with Gasteiger partial charge in [-0.05, 0) is 37.3 Å². The minimum Gasteiger partial charge on any atom is -0.349 e. The molecule has 0 spiro atoms. The highest BCUT2D eigenvalue weighted by atomic mass is 35.5. The normalized spacial score (nSPS) is 12.1. The first-order valence-electron chi connectivity index (χ1n) is 9.04. The van der Waals surface area contributed by atoms with E-state index in [0.29, 0.717) is 11.6 Å². The Balaban J connectivity index is 1.67. The molecule has 1 atom stereocenters. The number of nitrogens with zero attached hydrogens (tertiary/aromatic N) is 3. The summed E-state index contributed by atoms with van der Waals surface area (Å²) in [6.45, 7) is 2.21. The number of carbonyl (C=O) groups excluding carboxylic acids is 1. The molecule has 2 aromatic carbocycles. The first kappa shape index (κ1) is 18.2. The highest BCUT2D eigenvalue weighted by Gasteiger charge is 2.21. The minimum atomic E-state index is -0.482. The molecule has 4 aromatic rings. The maximum atomic E-state index is 12.7. The molecule has 140 valence electrons. The van der Waals surface area contributed by atoms with E-state index in [1.807, 2.05) is 73.7 Å². The van der Waals surface area contributed by atoms with Gasteiger partial charge in [-0.15, -0.1) is 0 Å². The summed E-state index contributed by atoms with van der Waals surface area (Å²) in [5, 5.41) is 9.25. The van der Waals surface area contributed by atoms with Crippen LogP contribution in [0.1, 0.15) is 18.7 Å². The summed E-state index contributed by atoms with van der Waals surface area (Å²) in [4.78, 5) is 17.0. The fourth-order valence-electron chi connectivity index (χ4n) is 3.16. The summed E-state index contributed by atoms with van der Waals surface area (Å²) in [5.41, 5.74) is 3.46. The Labute approximate surface area is 168 Å². The minimum absolute atomic E-state index is 0.121. The number of fused-ring (bicyclic) bond motifs is 1. The van der Waals surface area contributed by atoms with Crippen molar-refractivity contribution >= 4 is 28.4 Å². The van der Waals surface area contributed by atoms with Gasteiger partial charge in [-0.2, -0.15) is 5.10 Å². The van der Waals surface area contributed by atoms with Crippen LogP contribution in [0, 0.1) is 0 Å². The molecule has 1 N–H and O–H groups in total. The number of nitrogens with one attached hydrogen (secondary N) is 1. The van der Waals surface area contributed by atoms with Gasteiger partial charge in [-0.25, -0.2) is 0 Å². The summed E-state index contributed by atoms with van der Waals surface area (Å²) in [5.74, 6) is -0.121. The highest BCUT2D eigenvalue weighted by Crippen LogP contribution is 2.31. The lowest BCUT2D eigenvalue weighted by Gasteiger charge is -2.14. The van der Waals surface area contributed by atoms with E-state index in [-0.39, 0.29) is 5.91 Å². The summed E-state index contributed by atoms with van der Waals surface area (Å²) in [7, 11) is 0. The van der Waals surface area contributed by atoms with Gasteiger partial charge >= 0.3 is 0 Å². The van der Waals surface area contributed by atoms with Crippen molar-refractivity contribution in [1.82, 2.24) is 20.1 Å². The molecule has 6 heteroatoms. The molecule has 0 saturated heterocycles. The smallest absolute Gasteiger partial charge is 0.244 e. The molecular formula is C22H19ClN4O. The Morgan fingerprint density at radius 1 is 1.11 bits per heavy atom. The van der Waals surface area contributed by atoms with Crippen LogP contribution in [0.15, 0.2) is 72.9 Å². The average Bonchev–Trinajstić information content (AvgIpc) is 3.11. The molecule has 1 unspecified atom stereocenters. The number of hydrogen-bond donors (Lipinski definition) is 1. The zero-order valence-electron chi connectivity index (χ0n) is 15.3. The third-order valence-corrected chi connectivity index (χ3v) is 4.87. The number of amides is 1. The zero-order valence-corrected chi connectivity index (χ0v) is 16.1. The monoisotopic (exact) mass is 390 g/mol. The van der Waals surface area contributed by atoms with Crippen molar-refractivity contribution < 1.29 is 4.79 Å². The van der Waals surface area contributed by atoms with Crippen LogP contribution in [0.5, 0.6) is 0 Å². The summed E-state index contributed by atoms with van der Waals surface area (Å²) < 4.78 is 1.75. The Morgan fingerprint density at radius 3 is 2.64 bits per heavy atom. The number of pyridine rings is 1. The lowest BCUT2D eigenvalue weighted by Crippen LogP contribution is -2.31. The number of hydrogen-bond acceptors (Lipinski definition) is 3. The Morgan fingerprint density at radius 2 is 1.89 bits per heavy atom. The van der Waals surface area contributed by atoms with Gasteiger partial charge in [0.2, 0.25) is 5.91 Å². The third-order valence-electron chi connectivity index (χ3n) is 4.63. The van der Waals surface area contributed by atoms with E-state index in [1.54, 1.807) is 10.9 Å². The van der Waals surface area contributed by atoms with Crippen LogP contribution in [0.3, 0.4) is 0 Å². The molecule has 4 rings (SSSR count). The molecule has 1 amide bonds. The predicted octanol–water partition coefficient (Wildman–Crippen LogP) is 4.63. The number of rotatable bonds is 5. The first-order chi connectivity index (χ1) is 13.6. The van der Waals surface area contributed by atoms with Gasteiger partial charge in [0.15, 0.2) is 0 Å². The lowest BCUT2D eigenvalue weighted by atomic mass is 10.1. The van der Waals surface area contributed by atoms with Crippen LogP contribution in [0.4, 0.5) is 0 Å². The molecule has 2 heterocycles. The SMILES string of the molecule is CC(C(=O)NCc1ccccn1)n1nc(-c2ccccc2)c2cc(Cl)ccc21. The maximum absolute atomic E-state index is 12.7. The lowest BCUT2D eigenvalue weighted by molar-refractivity contribution is -0.124.